The minimum Gasteiger partial charge on any atom is -0.462 e. The van der Waals surface area contributed by atoms with E-state index in [1.165, 1.54) is 11.3 Å². The Balaban J connectivity index is 0.00000364. The lowest BCUT2D eigenvalue weighted by Gasteiger charge is -2.16. The molecule has 0 amide bonds. The Hall–Kier alpha value is -1.39. The van der Waals surface area contributed by atoms with Crippen molar-refractivity contribution in [3.63, 3.8) is 0 Å². The molecule has 0 fully saturated rings. The third-order valence-electron chi connectivity index (χ3n) is 3.57. The molecule has 27 heavy (non-hydrogen) atoms. The second kappa shape index (κ2) is 11.5. The maximum absolute atomic E-state index is 11.9. The second-order valence-electron chi connectivity index (χ2n) is 5.61. The van der Waals surface area contributed by atoms with E-state index in [1.807, 2.05) is 38.1 Å². The summed E-state index contributed by atoms with van der Waals surface area (Å²) in [5, 5.41) is 8.03. The van der Waals surface area contributed by atoms with Crippen molar-refractivity contribution in [1.82, 2.24) is 15.6 Å². The van der Waals surface area contributed by atoms with E-state index in [0.29, 0.717) is 34.7 Å². The third kappa shape index (κ3) is 6.93. The van der Waals surface area contributed by atoms with Crippen molar-refractivity contribution in [2.75, 3.05) is 13.7 Å². The quantitative estimate of drug-likeness (QED) is 0.256. The highest BCUT2D eigenvalue weighted by molar-refractivity contribution is 14.0. The number of benzene rings is 1. The van der Waals surface area contributed by atoms with Crippen molar-refractivity contribution in [1.29, 1.82) is 0 Å². The van der Waals surface area contributed by atoms with E-state index in [1.54, 1.807) is 14.0 Å². The average Bonchev–Trinajstić information content (AvgIpc) is 3.00. The molecule has 9 heteroatoms. The van der Waals surface area contributed by atoms with Gasteiger partial charge in [-0.1, -0.05) is 23.7 Å². The first-order valence-electron chi connectivity index (χ1n) is 8.30. The number of ether oxygens (including phenoxy) is 1. The Morgan fingerprint density at radius 1 is 1.44 bits per heavy atom. The van der Waals surface area contributed by atoms with Crippen molar-refractivity contribution in [3.05, 3.63) is 50.4 Å². The molecule has 0 spiro atoms. The predicted molar refractivity (Wildman–Crippen MR) is 121 cm³/mol. The minimum atomic E-state index is -0.329. The molecule has 0 aliphatic carbocycles. The van der Waals surface area contributed by atoms with Crippen molar-refractivity contribution >= 4 is 58.8 Å². The topological polar surface area (TPSA) is 75.6 Å². The Labute approximate surface area is 185 Å². The molecule has 1 atom stereocenters. The number of aromatic nitrogens is 1. The Kier molecular flexibility index (Phi) is 10.0. The molecule has 1 aromatic heterocycles. The van der Waals surface area contributed by atoms with Crippen LogP contribution in [0.2, 0.25) is 5.02 Å². The molecule has 1 unspecified atom stereocenters. The number of nitrogens with one attached hydrogen (secondary N) is 2. The van der Waals surface area contributed by atoms with Gasteiger partial charge in [0, 0.05) is 18.6 Å². The summed E-state index contributed by atoms with van der Waals surface area (Å²) in [6, 6.07) is 7.54. The highest BCUT2D eigenvalue weighted by Gasteiger charge is 2.20. The molecule has 6 nitrogen and oxygen atoms in total. The molecule has 2 N–H and O–H groups in total. The van der Waals surface area contributed by atoms with Crippen LogP contribution in [0, 0.1) is 6.92 Å². The average molecular weight is 523 g/mol. The molecule has 0 aliphatic heterocycles. The zero-order chi connectivity index (χ0) is 19.1. The van der Waals surface area contributed by atoms with Gasteiger partial charge in [-0.05, 0) is 38.5 Å². The van der Waals surface area contributed by atoms with Crippen molar-refractivity contribution < 1.29 is 9.53 Å². The summed E-state index contributed by atoms with van der Waals surface area (Å²) in [6.45, 7) is 6.51. The van der Waals surface area contributed by atoms with Gasteiger partial charge >= 0.3 is 5.97 Å². The van der Waals surface area contributed by atoms with Crippen LogP contribution in [0.15, 0.2) is 29.3 Å². The van der Waals surface area contributed by atoms with Crippen LogP contribution >= 0.6 is 46.9 Å². The van der Waals surface area contributed by atoms with Gasteiger partial charge < -0.3 is 15.4 Å². The van der Waals surface area contributed by atoms with Gasteiger partial charge in [0.25, 0.3) is 0 Å². The van der Waals surface area contributed by atoms with Crippen LogP contribution in [-0.2, 0) is 11.3 Å². The molecule has 0 bridgehead atoms. The fourth-order valence-electron chi connectivity index (χ4n) is 2.28. The standard InChI is InChI=1S/C18H23ClN4O2S.HI/c1-5-25-17(24)15-11(2)22-16(26-15)12(3)23-18(20-4)21-10-13-7-6-8-14(19)9-13;/h6-9,12H,5,10H2,1-4H3,(H2,20,21,23);1H. The molecular formula is C18H24ClIN4O2S. The minimum absolute atomic E-state index is 0. The SMILES string of the molecule is CCOC(=O)c1sc(C(C)NC(=NC)NCc2cccc(Cl)c2)nc1C.I. The van der Waals surface area contributed by atoms with E-state index in [9.17, 15) is 4.79 Å². The van der Waals surface area contributed by atoms with Crippen LogP contribution in [-0.4, -0.2) is 30.6 Å². The summed E-state index contributed by atoms with van der Waals surface area (Å²) in [5.74, 6) is 0.312. The predicted octanol–water partition coefficient (Wildman–Crippen LogP) is 4.33. The molecule has 2 rings (SSSR count). The molecular weight excluding hydrogens is 499 g/mol. The van der Waals surface area contributed by atoms with Crippen LogP contribution in [0.4, 0.5) is 0 Å². The first-order chi connectivity index (χ1) is 12.4. The number of esters is 1. The molecule has 0 saturated heterocycles. The smallest absolute Gasteiger partial charge is 0.350 e. The van der Waals surface area contributed by atoms with Crippen LogP contribution in [0.3, 0.4) is 0 Å². The van der Waals surface area contributed by atoms with Crippen LogP contribution in [0.25, 0.3) is 0 Å². The van der Waals surface area contributed by atoms with Crippen LogP contribution in [0.5, 0.6) is 0 Å². The van der Waals surface area contributed by atoms with E-state index in [-0.39, 0.29) is 36.0 Å². The van der Waals surface area contributed by atoms with E-state index >= 15 is 0 Å². The molecule has 2 aromatic rings. The first kappa shape index (κ1) is 23.6. The van der Waals surface area contributed by atoms with E-state index in [4.69, 9.17) is 16.3 Å². The van der Waals surface area contributed by atoms with Gasteiger partial charge in [-0.15, -0.1) is 35.3 Å². The van der Waals surface area contributed by atoms with Gasteiger partial charge in [-0.3, -0.25) is 4.99 Å². The van der Waals surface area contributed by atoms with Gasteiger partial charge in [0.1, 0.15) is 9.88 Å². The number of carbonyl (C=O) groups is 1. The summed E-state index contributed by atoms with van der Waals surface area (Å²) in [5.41, 5.74) is 1.74. The van der Waals surface area contributed by atoms with Gasteiger partial charge in [0.05, 0.1) is 18.3 Å². The molecule has 1 heterocycles. The summed E-state index contributed by atoms with van der Waals surface area (Å²) in [7, 11) is 1.71. The zero-order valence-corrected chi connectivity index (χ0v) is 19.6. The number of aliphatic imine (C=N–C) groups is 1. The number of rotatable bonds is 6. The Bertz CT molecular complexity index is 797. The largest absolute Gasteiger partial charge is 0.462 e. The van der Waals surface area contributed by atoms with Crippen molar-refractivity contribution in [3.8, 4) is 0 Å². The second-order valence-corrected chi connectivity index (χ2v) is 7.08. The highest BCUT2D eigenvalue weighted by Crippen LogP contribution is 2.24. The fraction of sp³-hybridized carbons (Fsp3) is 0.389. The maximum Gasteiger partial charge on any atom is 0.350 e. The zero-order valence-electron chi connectivity index (χ0n) is 15.7. The number of nitrogens with zero attached hydrogens (tertiary/aromatic N) is 2. The summed E-state index contributed by atoms with van der Waals surface area (Å²) < 4.78 is 5.07. The Morgan fingerprint density at radius 2 is 2.19 bits per heavy atom. The maximum atomic E-state index is 11.9. The summed E-state index contributed by atoms with van der Waals surface area (Å²) in [6.07, 6.45) is 0. The first-order valence-corrected chi connectivity index (χ1v) is 9.50. The number of halogens is 2. The normalized spacial score (nSPS) is 12.1. The lowest BCUT2D eigenvalue weighted by molar-refractivity contribution is 0.0531. The number of thiazole rings is 1. The van der Waals surface area contributed by atoms with Gasteiger partial charge in [-0.25, -0.2) is 9.78 Å². The van der Waals surface area contributed by atoms with E-state index < -0.39 is 0 Å². The number of guanidine groups is 1. The monoisotopic (exact) mass is 522 g/mol. The number of aryl methyl sites for hydroxylation is 1. The van der Waals surface area contributed by atoms with Gasteiger partial charge in [0.15, 0.2) is 5.96 Å². The summed E-state index contributed by atoms with van der Waals surface area (Å²) >= 11 is 7.34. The van der Waals surface area contributed by atoms with Crippen LogP contribution < -0.4 is 10.6 Å². The molecule has 1 aromatic carbocycles. The van der Waals surface area contributed by atoms with Gasteiger partial charge in [0.2, 0.25) is 0 Å². The van der Waals surface area contributed by atoms with Crippen molar-refractivity contribution in [2.24, 2.45) is 4.99 Å². The van der Waals surface area contributed by atoms with Crippen LogP contribution in [0.1, 0.15) is 45.8 Å². The lowest BCUT2D eigenvalue weighted by Crippen LogP contribution is -2.38. The molecule has 148 valence electrons. The Morgan fingerprint density at radius 3 is 2.81 bits per heavy atom. The summed E-state index contributed by atoms with van der Waals surface area (Å²) in [4.78, 5) is 21.2. The highest BCUT2D eigenvalue weighted by atomic mass is 127. The lowest BCUT2D eigenvalue weighted by atomic mass is 10.2. The third-order valence-corrected chi connectivity index (χ3v) is 5.13. The van der Waals surface area contributed by atoms with E-state index in [2.05, 4.69) is 20.6 Å². The fourth-order valence-corrected chi connectivity index (χ4v) is 3.46. The number of hydrogen-bond donors (Lipinski definition) is 2. The molecule has 0 radical (unpaired) electrons. The van der Waals surface area contributed by atoms with E-state index in [0.717, 1.165) is 10.6 Å². The van der Waals surface area contributed by atoms with Gasteiger partial charge in [-0.2, -0.15) is 0 Å². The number of hydrogen-bond acceptors (Lipinski definition) is 5. The number of carbonyl (C=O) groups excluding carboxylic acids is 1. The molecule has 0 saturated carbocycles. The molecule has 0 aliphatic rings. The van der Waals surface area contributed by atoms with Crippen molar-refractivity contribution in [2.45, 2.75) is 33.4 Å².